The predicted molar refractivity (Wildman–Crippen MR) is 121 cm³/mol. The molecule has 3 rings (SSSR count). The van der Waals surface area contributed by atoms with Crippen molar-refractivity contribution < 1.29 is 17.5 Å². The minimum Gasteiger partial charge on any atom is -0.421 e. The zero-order valence-electron chi connectivity index (χ0n) is 18.5. The van der Waals surface area contributed by atoms with Crippen LogP contribution >= 0.6 is 0 Å². The van der Waals surface area contributed by atoms with E-state index in [0.717, 1.165) is 6.42 Å². The molecule has 170 valence electrons. The third kappa shape index (κ3) is 5.40. The third-order valence-electron chi connectivity index (χ3n) is 5.15. The number of rotatable bonds is 8. The summed E-state index contributed by atoms with van der Waals surface area (Å²) in [4.78, 5) is 20.4. The molecule has 1 aromatic carbocycles. The highest BCUT2D eigenvalue weighted by Crippen LogP contribution is 2.28. The van der Waals surface area contributed by atoms with Gasteiger partial charge in [-0.05, 0) is 44.0 Å². The summed E-state index contributed by atoms with van der Waals surface area (Å²) in [6, 6.07) is 8.87. The molecule has 9 heteroatoms. The van der Waals surface area contributed by atoms with Gasteiger partial charge in [-0.3, -0.25) is 4.79 Å². The van der Waals surface area contributed by atoms with Gasteiger partial charge in [-0.2, -0.15) is 9.97 Å². The molecule has 7 nitrogen and oxygen atoms in total. The molecule has 0 aliphatic rings. The van der Waals surface area contributed by atoms with Crippen LogP contribution in [0.4, 0.5) is 4.39 Å². The number of benzene rings is 1. The highest BCUT2D eigenvalue weighted by molar-refractivity contribution is 7.91. The lowest BCUT2D eigenvalue weighted by Gasteiger charge is -2.14. The van der Waals surface area contributed by atoms with Gasteiger partial charge < -0.3 is 9.30 Å². The largest absolute Gasteiger partial charge is 0.421 e. The Bertz CT molecular complexity index is 1270. The lowest BCUT2D eigenvalue weighted by molar-refractivity contribution is 0.407. The highest BCUT2D eigenvalue weighted by Gasteiger charge is 2.23. The summed E-state index contributed by atoms with van der Waals surface area (Å²) >= 11 is 0. The van der Waals surface area contributed by atoms with Crippen LogP contribution in [0, 0.1) is 12.7 Å². The van der Waals surface area contributed by atoms with E-state index < -0.39 is 20.9 Å². The van der Waals surface area contributed by atoms with E-state index in [4.69, 9.17) is 4.74 Å². The maximum absolute atomic E-state index is 14.3. The topological polar surface area (TPSA) is 91.2 Å². The standard InChI is InChI=1S/C23H26FN3O4S/c1-5-7-16(3)32(29,30)14-18-12-20(17-10-11-21(28)27(4)13-17)26-23(25-18)31-22-15(2)8-6-9-19(22)24/h6,8-13,16H,5,7,14H2,1-4H3/t16-/m0/s1. The zero-order valence-corrected chi connectivity index (χ0v) is 19.3. The van der Waals surface area contributed by atoms with Crippen LogP contribution in [0.5, 0.6) is 11.8 Å². The van der Waals surface area contributed by atoms with Gasteiger partial charge in [-0.15, -0.1) is 0 Å². The smallest absolute Gasteiger partial charge is 0.322 e. The number of aromatic nitrogens is 3. The first-order valence-electron chi connectivity index (χ1n) is 10.3. The van der Waals surface area contributed by atoms with Gasteiger partial charge in [0, 0.05) is 24.9 Å². The van der Waals surface area contributed by atoms with Crippen molar-refractivity contribution in [2.24, 2.45) is 7.05 Å². The zero-order chi connectivity index (χ0) is 23.5. The van der Waals surface area contributed by atoms with Crippen LogP contribution in [0.1, 0.15) is 37.9 Å². The normalized spacial score (nSPS) is 12.5. The van der Waals surface area contributed by atoms with Crippen molar-refractivity contribution in [1.82, 2.24) is 14.5 Å². The highest BCUT2D eigenvalue weighted by atomic mass is 32.2. The molecule has 0 fully saturated rings. The molecular formula is C23H26FN3O4S. The average molecular weight is 460 g/mol. The van der Waals surface area contributed by atoms with E-state index in [1.807, 2.05) is 6.92 Å². The molecule has 0 saturated carbocycles. The summed E-state index contributed by atoms with van der Waals surface area (Å²) in [7, 11) is -1.87. The molecule has 0 amide bonds. The van der Waals surface area contributed by atoms with E-state index >= 15 is 0 Å². The van der Waals surface area contributed by atoms with Crippen molar-refractivity contribution in [3.8, 4) is 23.0 Å². The Hall–Kier alpha value is -3.07. The quantitative estimate of drug-likeness (QED) is 0.502. The summed E-state index contributed by atoms with van der Waals surface area (Å²) in [5.41, 5.74) is 1.53. The molecule has 0 saturated heterocycles. The third-order valence-corrected chi connectivity index (χ3v) is 7.31. The van der Waals surface area contributed by atoms with Crippen LogP contribution in [0.3, 0.4) is 0 Å². The monoisotopic (exact) mass is 459 g/mol. The molecule has 0 N–H and O–H groups in total. The van der Waals surface area contributed by atoms with Gasteiger partial charge in [0.25, 0.3) is 0 Å². The number of hydrogen-bond donors (Lipinski definition) is 0. The number of pyridine rings is 1. The Morgan fingerprint density at radius 2 is 1.94 bits per heavy atom. The van der Waals surface area contributed by atoms with E-state index in [9.17, 15) is 17.6 Å². The Morgan fingerprint density at radius 1 is 1.19 bits per heavy atom. The summed E-state index contributed by atoms with van der Waals surface area (Å²) in [6.07, 6.45) is 2.87. The van der Waals surface area contributed by atoms with Gasteiger partial charge in [0.05, 0.1) is 22.4 Å². The van der Waals surface area contributed by atoms with Crippen molar-refractivity contribution in [1.29, 1.82) is 0 Å². The Kier molecular flexibility index (Phi) is 7.08. The van der Waals surface area contributed by atoms with Crippen molar-refractivity contribution in [3.63, 3.8) is 0 Å². The lowest BCUT2D eigenvalue weighted by atomic mass is 10.2. The van der Waals surface area contributed by atoms with E-state index in [-0.39, 0.29) is 28.8 Å². The van der Waals surface area contributed by atoms with Crippen LogP contribution in [-0.4, -0.2) is 28.2 Å². The van der Waals surface area contributed by atoms with Crippen LogP contribution < -0.4 is 10.3 Å². The number of nitrogens with zero attached hydrogens (tertiary/aromatic N) is 3. The number of hydrogen-bond acceptors (Lipinski definition) is 6. The molecule has 32 heavy (non-hydrogen) atoms. The van der Waals surface area contributed by atoms with Gasteiger partial charge in [0.15, 0.2) is 21.4 Å². The molecule has 3 aromatic rings. The molecule has 0 spiro atoms. The van der Waals surface area contributed by atoms with Gasteiger partial charge in [-0.1, -0.05) is 25.5 Å². The van der Waals surface area contributed by atoms with E-state index in [1.54, 1.807) is 51.4 Å². The fourth-order valence-corrected chi connectivity index (χ4v) is 4.70. The van der Waals surface area contributed by atoms with Crippen LogP contribution in [0.25, 0.3) is 11.3 Å². The molecule has 0 aliphatic heterocycles. The molecule has 0 radical (unpaired) electrons. The molecule has 2 heterocycles. The van der Waals surface area contributed by atoms with Gasteiger partial charge >= 0.3 is 6.01 Å². The van der Waals surface area contributed by atoms with Crippen molar-refractivity contribution >= 4 is 9.84 Å². The van der Waals surface area contributed by atoms with E-state index in [0.29, 0.717) is 23.2 Å². The Morgan fingerprint density at radius 3 is 2.59 bits per heavy atom. The molecule has 1 atom stereocenters. The van der Waals surface area contributed by atoms with Crippen molar-refractivity contribution in [2.75, 3.05) is 0 Å². The van der Waals surface area contributed by atoms with Crippen molar-refractivity contribution in [2.45, 2.75) is 44.6 Å². The Balaban J connectivity index is 2.09. The Labute approximate surface area is 186 Å². The molecule has 0 bridgehead atoms. The predicted octanol–water partition coefficient (Wildman–Crippen LogP) is 4.19. The van der Waals surface area contributed by atoms with Gasteiger partial charge in [0.1, 0.15) is 0 Å². The molecular weight excluding hydrogens is 433 g/mol. The average Bonchev–Trinajstić information content (AvgIpc) is 2.72. The van der Waals surface area contributed by atoms with Crippen LogP contribution in [0.15, 0.2) is 47.4 Å². The van der Waals surface area contributed by atoms with Gasteiger partial charge in [0.2, 0.25) is 5.56 Å². The second kappa shape index (κ2) is 9.60. The number of para-hydroxylation sites is 1. The summed E-state index contributed by atoms with van der Waals surface area (Å²) < 4.78 is 47.0. The number of ether oxygens (including phenoxy) is 1. The summed E-state index contributed by atoms with van der Waals surface area (Å²) in [5, 5.41) is -0.526. The SMILES string of the molecule is CCC[C@H](C)S(=O)(=O)Cc1cc(-c2ccc(=O)n(C)c2)nc(Oc2c(C)cccc2F)n1. The lowest BCUT2D eigenvalue weighted by Crippen LogP contribution is -2.20. The molecule has 0 unspecified atom stereocenters. The van der Waals surface area contributed by atoms with E-state index in [1.165, 1.54) is 16.7 Å². The molecule has 0 aliphatic carbocycles. The second-order valence-corrected chi connectivity index (χ2v) is 10.2. The maximum Gasteiger partial charge on any atom is 0.322 e. The second-order valence-electron chi connectivity index (χ2n) is 7.79. The minimum absolute atomic E-state index is 0.0294. The number of halogens is 1. The summed E-state index contributed by atoms with van der Waals surface area (Å²) in [5.74, 6) is -0.910. The summed E-state index contributed by atoms with van der Waals surface area (Å²) in [6.45, 7) is 5.29. The van der Waals surface area contributed by atoms with E-state index in [2.05, 4.69) is 9.97 Å². The van der Waals surface area contributed by atoms with Crippen LogP contribution in [-0.2, 0) is 22.6 Å². The van der Waals surface area contributed by atoms with Crippen LogP contribution in [0.2, 0.25) is 0 Å². The van der Waals surface area contributed by atoms with Gasteiger partial charge in [-0.25, -0.2) is 12.8 Å². The first kappa shape index (κ1) is 23.6. The maximum atomic E-state index is 14.3. The number of aryl methyl sites for hydroxylation is 2. The van der Waals surface area contributed by atoms with Crippen molar-refractivity contribution in [3.05, 3.63) is 70.0 Å². The number of sulfone groups is 1. The first-order valence-corrected chi connectivity index (χ1v) is 12.0. The minimum atomic E-state index is -3.47. The fraction of sp³-hybridized carbons (Fsp3) is 0.348. The fourth-order valence-electron chi connectivity index (χ4n) is 3.26. The molecule has 2 aromatic heterocycles. The first-order chi connectivity index (χ1) is 15.1.